The first-order valence-corrected chi connectivity index (χ1v) is 9.58. The van der Waals surface area contributed by atoms with Crippen LogP contribution in [0.15, 0.2) is 0 Å². The Hall–Kier alpha value is 0.120. The van der Waals surface area contributed by atoms with Gasteiger partial charge in [-0.3, -0.25) is 0 Å². The van der Waals surface area contributed by atoms with E-state index in [1.807, 2.05) is 0 Å². The largest absolute Gasteiger partial charge is 0.315 e. The molecule has 1 atom stereocenters. The van der Waals surface area contributed by atoms with Crippen LogP contribution in [-0.2, 0) is 10.2 Å². The number of likely N-dealkylation sites (N-methyl/N-ethyl adjacent to an activating group) is 1. The molecule has 0 saturated carbocycles. The molecular weight excluding hydrogens is 322 g/mol. The van der Waals surface area contributed by atoms with Gasteiger partial charge in [0.2, 0.25) is 0 Å². The predicted octanol–water partition coefficient (Wildman–Crippen LogP) is 2.34. The summed E-state index contributed by atoms with van der Waals surface area (Å²) in [6, 6.07) is 0.0931. The summed E-state index contributed by atoms with van der Waals surface area (Å²) in [6.45, 7) is 11.5. The van der Waals surface area contributed by atoms with E-state index in [1.165, 1.54) is 0 Å². The summed E-state index contributed by atoms with van der Waals surface area (Å²) in [4.78, 5) is 0. The van der Waals surface area contributed by atoms with E-state index in [-0.39, 0.29) is 18.4 Å². The second kappa shape index (κ2) is 10.1. The number of rotatable bonds is 9. The number of nitrogens with zero attached hydrogens (tertiary/aromatic N) is 2. The molecule has 0 aliphatic carbocycles. The van der Waals surface area contributed by atoms with Crippen LogP contribution in [0.4, 0.5) is 0 Å². The van der Waals surface area contributed by atoms with Crippen molar-refractivity contribution < 1.29 is 8.42 Å². The highest BCUT2D eigenvalue weighted by atomic mass is 35.5. The molecule has 0 spiro atoms. The van der Waals surface area contributed by atoms with Crippen molar-refractivity contribution in [3.8, 4) is 0 Å². The Bertz CT molecular complexity index is 384. The topological polar surface area (TPSA) is 52.7 Å². The number of hydrogen-bond donors (Lipinski definition) is 1. The fraction of sp³-hybridized carbons (Fsp3) is 1.00. The second-order valence-electron chi connectivity index (χ2n) is 6.93. The van der Waals surface area contributed by atoms with Gasteiger partial charge in [0, 0.05) is 32.7 Å². The first kappa shape index (κ1) is 22.1. The monoisotopic (exact) mass is 355 g/mol. The Morgan fingerprint density at radius 2 is 1.59 bits per heavy atom. The van der Waals surface area contributed by atoms with E-state index in [0.717, 1.165) is 32.4 Å². The van der Waals surface area contributed by atoms with Gasteiger partial charge in [-0.05, 0) is 37.6 Å². The summed E-state index contributed by atoms with van der Waals surface area (Å²) in [5.74, 6) is 1.03. The van der Waals surface area contributed by atoms with Crippen LogP contribution >= 0.6 is 12.4 Å². The quantitative estimate of drug-likeness (QED) is 0.690. The van der Waals surface area contributed by atoms with Gasteiger partial charge in [-0.2, -0.15) is 17.0 Å². The van der Waals surface area contributed by atoms with Crippen LogP contribution in [0.2, 0.25) is 0 Å². The maximum atomic E-state index is 12.9. The van der Waals surface area contributed by atoms with Crippen LogP contribution < -0.4 is 5.32 Å². The fourth-order valence-electron chi connectivity index (χ4n) is 2.47. The normalized spacial score (nSPS) is 19.4. The second-order valence-corrected chi connectivity index (χ2v) is 8.92. The maximum absolute atomic E-state index is 12.9. The molecule has 1 unspecified atom stereocenters. The SMILES string of the molecule is CC(C)CCN(CCC(C)C)S(=O)(=O)N(C)C1CCNC1.Cl. The van der Waals surface area contributed by atoms with Crippen LogP contribution in [0.3, 0.4) is 0 Å². The zero-order valence-corrected chi connectivity index (χ0v) is 16.3. The minimum absolute atomic E-state index is 0. The lowest BCUT2D eigenvalue weighted by atomic mass is 10.1. The van der Waals surface area contributed by atoms with Crippen molar-refractivity contribution in [2.24, 2.45) is 11.8 Å². The van der Waals surface area contributed by atoms with Gasteiger partial charge in [0.1, 0.15) is 0 Å². The van der Waals surface area contributed by atoms with Gasteiger partial charge in [-0.15, -0.1) is 12.4 Å². The molecule has 5 nitrogen and oxygen atoms in total. The van der Waals surface area contributed by atoms with Crippen molar-refractivity contribution in [1.29, 1.82) is 0 Å². The molecule has 0 aromatic carbocycles. The highest BCUT2D eigenvalue weighted by molar-refractivity contribution is 7.86. The minimum Gasteiger partial charge on any atom is -0.315 e. The van der Waals surface area contributed by atoms with E-state index in [2.05, 4.69) is 33.0 Å². The predicted molar refractivity (Wildman–Crippen MR) is 95.7 cm³/mol. The minimum atomic E-state index is -3.35. The third-order valence-electron chi connectivity index (χ3n) is 4.15. The van der Waals surface area contributed by atoms with Gasteiger partial charge in [0.15, 0.2) is 0 Å². The summed E-state index contributed by atoms with van der Waals surface area (Å²) in [6.07, 6.45) is 2.72. The van der Waals surface area contributed by atoms with Gasteiger partial charge in [-0.1, -0.05) is 27.7 Å². The molecular formula is C15H34ClN3O2S. The molecule has 0 radical (unpaired) electrons. The standard InChI is InChI=1S/C15H33N3O2S.ClH/c1-13(2)7-10-18(11-8-14(3)4)21(19,20)17(5)15-6-9-16-12-15;/h13-16H,6-12H2,1-5H3;1H. The van der Waals surface area contributed by atoms with Crippen molar-refractivity contribution >= 4 is 22.6 Å². The first-order chi connectivity index (χ1) is 9.75. The molecule has 1 rings (SSSR count). The summed E-state index contributed by atoms with van der Waals surface area (Å²) < 4.78 is 29.0. The first-order valence-electron chi connectivity index (χ1n) is 8.19. The fourth-order valence-corrected chi connectivity index (χ4v) is 4.06. The van der Waals surface area contributed by atoms with E-state index in [9.17, 15) is 8.42 Å². The number of halogens is 1. The third kappa shape index (κ3) is 6.71. The van der Waals surface area contributed by atoms with Crippen LogP contribution in [0.5, 0.6) is 0 Å². The highest BCUT2D eigenvalue weighted by Crippen LogP contribution is 2.17. The van der Waals surface area contributed by atoms with Crippen molar-refractivity contribution in [3.63, 3.8) is 0 Å². The number of nitrogens with one attached hydrogen (secondary N) is 1. The van der Waals surface area contributed by atoms with Crippen molar-refractivity contribution in [2.75, 3.05) is 33.2 Å². The lowest BCUT2D eigenvalue weighted by Crippen LogP contribution is -2.48. The molecule has 0 amide bonds. The Morgan fingerprint density at radius 3 is 1.95 bits per heavy atom. The van der Waals surface area contributed by atoms with Gasteiger partial charge in [0.05, 0.1) is 0 Å². The van der Waals surface area contributed by atoms with Crippen LogP contribution in [0.1, 0.15) is 47.0 Å². The van der Waals surface area contributed by atoms with E-state index >= 15 is 0 Å². The van der Waals surface area contributed by atoms with Crippen molar-refractivity contribution in [3.05, 3.63) is 0 Å². The smallest absolute Gasteiger partial charge is 0.282 e. The van der Waals surface area contributed by atoms with Gasteiger partial charge in [0.25, 0.3) is 10.2 Å². The van der Waals surface area contributed by atoms with Crippen LogP contribution in [-0.4, -0.2) is 56.3 Å². The molecule has 1 aliphatic heterocycles. The third-order valence-corrected chi connectivity index (χ3v) is 6.19. The molecule has 1 fully saturated rings. The molecule has 7 heteroatoms. The summed E-state index contributed by atoms with van der Waals surface area (Å²) in [5.41, 5.74) is 0. The van der Waals surface area contributed by atoms with Crippen LogP contribution in [0.25, 0.3) is 0 Å². The molecule has 1 N–H and O–H groups in total. The van der Waals surface area contributed by atoms with Crippen LogP contribution in [0, 0.1) is 11.8 Å². The molecule has 1 heterocycles. The van der Waals surface area contributed by atoms with Gasteiger partial charge in [-0.25, -0.2) is 0 Å². The molecule has 0 aromatic rings. The van der Waals surface area contributed by atoms with Crippen molar-refractivity contribution in [1.82, 2.24) is 13.9 Å². The molecule has 22 heavy (non-hydrogen) atoms. The van der Waals surface area contributed by atoms with E-state index in [1.54, 1.807) is 15.7 Å². The van der Waals surface area contributed by atoms with Gasteiger partial charge >= 0.3 is 0 Å². The van der Waals surface area contributed by atoms with E-state index in [4.69, 9.17) is 0 Å². The highest BCUT2D eigenvalue weighted by Gasteiger charge is 2.33. The molecule has 0 aromatic heterocycles. The Labute approximate surface area is 143 Å². The van der Waals surface area contributed by atoms with E-state index in [0.29, 0.717) is 24.9 Å². The Kier molecular flexibility index (Phi) is 10.1. The zero-order chi connectivity index (χ0) is 16.0. The number of hydrogen-bond acceptors (Lipinski definition) is 3. The lowest BCUT2D eigenvalue weighted by Gasteiger charge is -2.31. The summed E-state index contributed by atoms with van der Waals surface area (Å²) >= 11 is 0. The zero-order valence-electron chi connectivity index (χ0n) is 14.7. The average Bonchev–Trinajstić information content (AvgIpc) is 2.90. The molecule has 0 bridgehead atoms. The lowest BCUT2D eigenvalue weighted by molar-refractivity contribution is 0.303. The molecule has 1 aliphatic rings. The summed E-state index contributed by atoms with van der Waals surface area (Å²) in [5, 5.41) is 3.24. The molecule has 1 saturated heterocycles. The average molecular weight is 356 g/mol. The van der Waals surface area contributed by atoms with E-state index < -0.39 is 10.2 Å². The van der Waals surface area contributed by atoms with Crippen molar-refractivity contribution in [2.45, 2.75) is 53.0 Å². The Balaban J connectivity index is 0.00000441. The summed E-state index contributed by atoms with van der Waals surface area (Å²) in [7, 11) is -1.62. The molecule has 134 valence electrons. The van der Waals surface area contributed by atoms with Gasteiger partial charge < -0.3 is 5.32 Å². The Morgan fingerprint density at radius 1 is 1.09 bits per heavy atom. The maximum Gasteiger partial charge on any atom is 0.282 e.